The first-order chi connectivity index (χ1) is 13.0. The predicted octanol–water partition coefficient (Wildman–Crippen LogP) is 2.13. The van der Waals surface area contributed by atoms with Gasteiger partial charge in [0.15, 0.2) is 11.5 Å². The number of benzene rings is 3. The van der Waals surface area contributed by atoms with Crippen LogP contribution in [0.1, 0.15) is 15.9 Å². The van der Waals surface area contributed by atoms with Crippen molar-refractivity contribution in [2.75, 3.05) is 6.54 Å². The van der Waals surface area contributed by atoms with Crippen LogP contribution in [-0.2, 0) is 4.79 Å². The molecule has 0 bridgehead atoms. The molecule has 0 aromatic heterocycles. The van der Waals surface area contributed by atoms with Gasteiger partial charge >= 0.3 is 0 Å². The highest BCUT2D eigenvalue weighted by molar-refractivity contribution is 6.07. The first-order valence-corrected chi connectivity index (χ1v) is 8.14. The van der Waals surface area contributed by atoms with E-state index in [4.69, 9.17) is 0 Å². The molecule has 0 spiro atoms. The first kappa shape index (κ1) is 17.9. The number of hydrazone groups is 1. The minimum absolute atomic E-state index is 0.236. The fourth-order valence-electron chi connectivity index (χ4n) is 2.52. The molecule has 0 heterocycles. The van der Waals surface area contributed by atoms with Gasteiger partial charge in [0.25, 0.3) is 11.8 Å². The lowest BCUT2D eigenvalue weighted by molar-refractivity contribution is -0.120. The van der Waals surface area contributed by atoms with E-state index in [2.05, 4.69) is 15.8 Å². The second kappa shape index (κ2) is 8.01. The third-order valence-electron chi connectivity index (χ3n) is 3.85. The fourth-order valence-corrected chi connectivity index (χ4v) is 2.52. The highest BCUT2D eigenvalue weighted by atomic mass is 16.3. The van der Waals surface area contributed by atoms with Gasteiger partial charge < -0.3 is 15.5 Å². The zero-order valence-corrected chi connectivity index (χ0v) is 14.2. The molecule has 3 rings (SSSR count). The number of carbonyl (C=O) groups is 2. The Kier molecular flexibility index (Phi) is 5.32. The average Bonchev–Trinajstić information content (AvgIpc) is 2.68. The highest BCUT2D eigenvalue weighted by Crippen LogP contribution is 2.24. The van der Waals surface area contributed by atoms with Crippen LogP contribution in [0, 0.1) is 0 Å². The predicted molar refractivity (Wildman–Crippen MR) is 102 cm³/mol. The van der Waals surface area contributed by atoms with Crippen LogP contribution in [0.25, 0.3) is 10.8 Å². The van der Waals surface area contributed by atoms with Crippen LogP contribution in [-0.4, -0.2) is 34.8 Å². The molecule has 0 aliphatic heterocycles. The third-order valence-corrected chi connectivity index (χ3v) is 3.85. The van der Waals surface area contributed by atoms with Crippen molar-refractivity contribution >= 4 is 28.8 Å². The van der Waals surface area contributed by atoms with Crippen LogP contribution in [0.2, 0.25) is 0 Å². The smallest absolute Gasteiger partial charge is 0.259 e. The van der Waals surface area contributed by atoms with Crippen LogP contribution in [0.5, 0.6) is 11.5 Å². The van der Waals surface area contributed by atoms with Gasteiger partial charge in [-0.2, -0.15) is 5.10 Å². The molecule has 0 saturated carbocycles. The van der Waals surface area contributed by atoms with Crippen LogP contribution >= 0.6 is 0 Å². The van der Waals surface area contributed by atoms with Crippen LogP contribution < -0.4 is 10.7 Å². The molecule has 4 N–H and O–H groups in total. The summed E-state index contributed by atoms with van der Waals surface area (Å²) in [6.07, 6.45) is 1.31. The largest absolute Gasteiger partial charge is 0.504 e. The molecular formula is C20H17N3O4. The van der Waals surface area contributed by atoms with Crippen molar-refractivity contribution in [2.24, 2.45) is 5.10 Å². The van der Waals surface area contributed by atoms with Crippen LogP contribution in [0.3, 0.4) is 0 Å². The van der Waals surface area contributed by atoms with Crippen molar-refractivity contribution in [1.82, 2.24) is 10.7 Å². The van der Waals surface area contributed by atoms with Crippen molar-refractivity contribution in [2.45, 2.75) is 0 Å². The molecule has 27 heavy (non-hydrogen) atoms. The van der Waals surface area contributed by atoms with Gasteiger partial charge in [-0.25, -0.2) is 5.43 Å². The van der Waals surface area contributed by atoms with Gasteiger partial charge in [-0.3, -0.25) is 9.59 Å². The summed E-state index contributed by atoms with van der Waals surface area (Å²) in [6.45, 7) is -0.236. The third kappa shape index (κ3) is 4.40. The molecule has 0 fully saturated rings. The Morgan fingerprint density at radius 3 is 2.56 bits per heavy atom. The van der Waals surface area contributed by atoms with E-state index in [0.29, 0.717) is 11.1 Å². The van der Waals surface area contributed by atoms with Crippen molar-refractivity contribution in [1.29, 1.82) is 0 Å². The molecule has 7 heteroatoms. The first-order valence-electron chi connectivity index (χ1n) is 8.14. The zero-order chi connectivity index (χ0) is 19.2. The van der Waals surface area contributed by atoms with E-state index in [1.165, 1.54) is 24.4 Å². The number of nitrogens with zero attached hydrogens (tertiary/aromatic N) is 1. The number of hydrogen-bond donors (Lipinski definition) is 4. The Morgan fingerprint density at radius 2 is 1.74 bits per heavy atom. The molecule has 0 atom stereocenters. The molecule has 0 aliphatic rings. The number of aromatic hydroxyl groups is 2. The number of phenolic OH excluding ortho intramolecular Hbond substituents is 2. The summed E-state index contributed by atoms with van der Waals surface area (Å²) in [5.41, 5.74) is 3.26. The molecule has 136 valence electrons. The van der Waals surface area contributed by atoms with Crippen molar-refractivity contribution in [3.05, 3.63) is 71.8 Å². The van der Waals surface area contributed by atoms with E-state index in [1.807, 2.05) is 30.3 Å². The Bertz CT molecular complexity index is 1030. The Labute approximate surface area is 155 Å². The number of nitrogens with one attached hydrogen (secondary N) is 2. The molecule has 0 saturated heterocycles. The quantitative estimate of drug-likeness (QED) is 0.316. The topological polar surface area (TPSA) is 111 Å². The van der Waals surface area contributed by atoms with Gasteiger partial charge in [0.1, 0.15) is 0 Å². The number of phenols is 2. The molecule has 0 radical (unpaired) electrons. The minimum Gasteiger partial charge on any atom is -0.504 e. The SMILES string of the molecule is O=C(CNC(=O)c1cccc2ccccc12)N/N=C/c1ccc(O)c(O)c1. The summed E-state index contributed by atoms with van der Waals surface area (Å²) in [7, 11) is 0. The second-order valence-corrected chi connectivity index (χ2v) is 5.75. The minimum atomic E-state index is -0.497. The lowest BCUT2D eigenvalue weighted by Crippen LogP contribution is -2.35. The summed E-state index contributed by atoms with van der Waals surface area (Å²) >= 11 is 0. The summed E-state index contributed by atoms with van der Waals surface area (Å²) in [5.74, 6) is -1.38. The number of amides is 2. The molecule has 0 unspecified atom stereocenters. The normalized spacial score (nSPS) is 10.8. The molecular weight excluding hydrogens is 346 g/mol. The maximum Gasteiger partial charge on any atom is 0.259 e. The highest BCUT2D eigenvalue weighted by Gasteiger charge is 2.10. The molecule has 3 aromatic rings. The van der Waals surface area contributed by atoms with Gasteiger partial charge in [-0.15, -0.1) is 0 Å². The fraction of sp³-hybridized carbons (Fsp3) is 0.0500. The zero-order valence-electron chi connectivity index (χ0n) is 14.2. The number of hydrogen-bond acceptors (Lipinski definition) is 5. The van der Waals surface area contributed by atoms with Gasteiger partial charge in [0.2, 0.25) is 0 Å². The molecule has 7 nitrogen and oxygen atoms in total. The van der Waals surface area contributed by atoms with E-state index in [0.717, 1.165) is 10.8 Å². The maximum atomic E-state index is 12.3. The van der Waals surface area contributed by atoms with E-state index >= 15 is 0 Å². The Balaban J connectivity index is 1.56. The van der Waals surface area contributed by atoms with E-state index in [9.17, 15) is 19.8 Å². The summed E-state index contributed by atoms with van der Waals surface area (Å²) in [5, 5.41) is 26.7. The summed E-state index contributed by atoms with van der Waals surface area (Å²) in [6, 6.07) is 17.0. The van der Waals surface area contributed by atoms with Gasteiger partial charge in [-0.1, -0.05) is 36.4 Å². The second-order valence-electron chi connectivity index (χ2n) is 5.75. The van der Waals surface area contributed by atoms with Crippen LogP contribution in [0.15, 0.2) is 65.8 Å². The number of carbonyl (C=O) groups excluding carboxylic acids is 2. The maximum absolute atomic E-state index is 12.3. The lowest BCUT2D eigenvalue weighted by atomic mass is 10.0. The van der Waals surface area contributed by atoms with E-state index < -0.39 is 5.91 Å². The number of rotatable bonds is 5. The molecule has 0 aliphatic carbocycles. The Hall–Kier alpha value is -3.87. The van der Waals surface area contributed by atoms with Crippen molar-refractivity contribution in [3.8, 4) is 11.5 Å². The van der Waals surface area contributed by atoms with E-state index in [1.54, 1.807) is 12.1 Å². The van der Waals surface area contributed by atoms with Gasteiger partial charge in [0.05, 0.1) is 12.8 Å². The Morgan fingerprint density at radius 1 is 0.963 bits per heavy atom. The monoisotopic (exact) mass is 363 g/mol. The summed E-state index contributed by atoms with van der Waals surface area (Å²) in [4.78, 5) is 24.2. The van der Waals surface area contributed by atoms with Gasteiger partial charge in [0, 0.05) is 5.56 Å². The molecule has 3 aromatic carbocycles. The summed E-state index contributed by atoms with van der Waals surface area (Å²) < 4.78 is 0. The standard InChI is InChI=1S/C20H17N3O4/c24-17-9-8-13(10-18(17)25)11-22-23-19(26)12-21-20(27)16-7-3-5-14-4-1-2-6-15(14)16/h1-11,24-25H,12H2,(H,21,27)(H,23,26)/b22-11+. The van der Waals surface area contributed by atoms with Gasteiger partial charge in [-0.05, 0) is 40.6 Å². The van der Waals surface area contributed by atoms with Crippen LogP contribution in [0.4, 0.5) is 0 Å². The number of fused-ring (bicyclic) bond motifs is 1. The lowest BCUT2D eigenvalue weighted by Gasteiger charge is -2.07. The van der Waals surface area contributed by atoms with Crippen molar-refractivity contribution in [3.63, 3.8) is 0 Å². The van der Waals surface area contributed by atoms with E-state index in [-0.39, 0.29) is 24.0 Å². The van der Waals surface area contributed by atoms with Crippen molar-refractivity contribution < 1.29 is 19.8 Å². The molecule has 2 amide bonds. The average molecular weight is 363 g/mol.